The summed E-state index contributed by atoms with van der Waals surface area (Å²) in [5, 5.41) is 3.62. The Bertz CT molecular complexity index is 1100. The average molecular weight is 385 g/mol. The van der Waals surface area contributed by atoms with E-state index in [4.69, 9.17) is 5.73 Å². The lowest BCUT2D eigenvalue weighted by Crippen LogP contribution is -2.33. The molecule has 1 heterocycles. The van der Waals surface area contributed by atoms with Gasteiger partial charge >= 0.3 is 0 Å². The molecule has 0 aliphatic carbocycles. The Kier molecular flexibility index (Phi) is 5.63. The molecular formula is C25H28N4. The Balaban J connectivity index is 1.83. The van der Waals surface area contributed by atoms with Gasteiger partial charge in [-0.1, -0.05) is 38.1 Å². The highest BCUT2D eigenvalue weighted by Gasteiger charge is 2.15. The van der Waals surface area contributed by atoms with E-state index in [1.165, 1.54) is 21.8 Å². The van der Waals surface area contributed by atoms with Crippen LogP contribution in [-0.4, -0.2) is 36.1 Å². The van der Waals surface area contributed by atoms with E-state index in [1.807, 2.05) is 18.3 Å². The van der Waals surface area contributed by atoms with E-state index in [-0.39, 0.29) is 0 Å². The molecule has 1 aromatic heterocycles. The molecule has 0 aliphatic rings. The van der Waals surface area contributed by atoms with E-state index in [0.717, 1.165) is 43.1 Å². The first-order valence-corrected chi connectivity index (χ1v) is 10.3. The molecule has 4 nitrogen and oxygen atoms in total. The third kappa shape index (κ3) is 4.03. The Morgan fingerprint density at radius 2 is 1.52 bits per heavy atom. The van der Waals surface area contributed by atoms with Crippen LogP contribution in [0.2, 0.25) is 0 Å². The number of nitrogens with two attached hydrogens (primary N) is 1. The maximum absolute atomic E-state index is 5.95. The summed E-state index contributed by atoms with van der Waals surface area (Å²) in [7, 11) is 0. The number of nitrogen functional groups attached to an aromatic ring is 1. The van der Waals surface area contributed by atoms with Gasteiger partial charge in [0.25, 0.3) is 0 Å². The van der Waals surface area contributed by atoms with E-state index in [2.05, 4.69) is 83.2 Å². The molecule has 0 fully saturated rings. The van der Waals surface area contributed by atoms with Crippen molar-refractivity contribution in [2.75, 3.05) is 36.8 Å². The van der Waals surface area contributed by atoms with Crippen molar-refractivity contribution in [3.63, 3.8) is 0 Å². The maximum atomic E-state index is 5.95. The van der Waals surface area contributed by atoms with Crippen molar-refractivity contribution in [2.45, 2.75) is 13.8 Å². The number of rotatable bonds is 7. The molecule has 29 heavy (non-hydrogen) atoms. The van der Waals surface area contributed by atoms with Crippen LogP contribution in [-0.2, 0) is 0 Å². The van der Waals surface area contributed by atoms with Gasteiger partial charge in [-0.15, -0.1) is 0 Å². The van der Waals surface area contributed by atoms with Gasteiger partial charge in [0.2, 0.25) is 0 Å². The summed E-state index contributed by atoms with van der Waals surface area (Å²) in [6.45, 7) is 8.42. The molecule has 0 saturated carbocycles. The van der Waals surface area contributed by atoms with Crippen LogP contribution in [0, 0.1) is 0 Å². The number of likely N-dealkylation sites (N-methyl/N-ethyl adjacent to an activating group) is 1. The highest BCUT2D eigenvalue weighted by molar-refractivity contribution is 6.03. The van der Waals surface area contributed by atoms with Crippen LogP contribution in [0.4, 0.5) is 17.1 Å². The monoisotopic (exact) mass is 384 g/mol. The molecule has 0 saturated heterocycles. The van der Waals surface area contributed by atoms with Crippen molar-refractivity contribution >= 4 is 38.7 Å². The zero-order chi connectivity index (χ0) is 20.2. The smallest absolute Gasteiger partial charge is 0.0729 e. The zero-order valence-corrected chi connectivity index (χ0v) is 17.2. The van der Waals surface area contributed by atoms with E-state index in [0.29, 0.717) is 0 Å². The lowest BCUT2D eigenvalue weighted by molar-refractivity contribution is 0.312. The van der Waals surface area contributed by atoms with Crippen molar-refractivity contribution in [3.8, 4) is 0 Å². The summed E-state index contributed by atoms with van der Waals surface area (Å²) in [4.78, 5) is 9.49. The van der Waals surface area contributed by atoms with E-state index in [9.17, 15) is 0 Å². The number of anilines is 3. The second-order valence-electron chi connectivity index (χ2n) is 7.32. The Morgan fingerprint density at radius 1 is 0.828 bits per heavy atom. The molecule has 4 heteroatoms. The van der Waals surface area contributed by atoms with Crippen molar-refractivity contribution in [2.24, 2.45) is 0 Å². The standard InChI is InChI=1S/C25H28N4/c1-3-28(4-2)15-16-29(22-11-9-21(26)10-12-22)25-13-14-27-24-18-20-8-6-5-7-19(20)17-23(24)25/h5-14,17-18H,3-4,15-16,26H2,1-2H3. The molecule has 0 amide bonds. The fourth-order valence-corrected chi connectivity index (χ4v) is 3.88. The van der Waals surface area contributed by atoms with Gasteiger partial charge in [0.05, 0.1) is 11.2 Å². The van der Waals surface area contributed by atoms with E-state index in [1.54, 1.807) is 0 Å². The lowest BCUT2D eigenvalue weighted by Gasteiger charge is -2.29. The van der Waals surface area contributed by atoms with Crippen LogP contribution in [0.15, 0.2) is 72.9 Å². The molecule has 0 atom stereocenters. The van der Waals surface area contributed by atoms with Gasteiger partial charge in [0.1, 0.15) is 0 Å². The first-order chi connectivity index (χ1) is 14.2. The summed E-state index contributed by atoms with van der Waals surface area (Å²) in [6.07, 6.45) is 1.91. The molecule has 0 spiro atoms. The van der Waals surface area contributed by atoms with Gasteiger partial charge in [-0.2, -0.15) is 0 Å². The summed E-state index contributed by atoms with van der Waals surface area (Å²) < 4.78 is 0. The first-order valence-electron chi connectivity index (χ1n) is 10.3. The Hall–Kier alpha value is -3.11. The minimum absolute atomic E-state index is 0.781. The highest BCUT2D eigenvalue weighted by Crippen LogP contribution is 2.34. The number of hydrogen-bond donors (Lipinski definition) is 1. The summed E-state index contributed by atoms with van der Waals surface area (Å²) in [5.41, 5.74) is 10.1. The predicted octanol–water partition coefficient (Wildman–Crippen LogP) is 5.45. The number of nitrogens with zero attached hydrogens (tertiary/aromatic N) is 3. The number of aromatic nitrogens is 1. The van der Waals surface area contributed by atoms with Gasteiger partial charge in [-0.25, -0.2) is 0 Å². The first kappa shape index (κ1) is 19.2. The summed E-state index contributed by atoms with van der Waals surface area (Å²) in [6, 6.07) is 23.2. The Morgan fingerprint density at radius 3 is 2.21 bits per heavy atom. The third-order valence-corrected chi connectivity index (χ3v) is 5.62. The highest BCUT2D eigenvalue weighted by atomic mass is 15.2. The van der Waals surface area contributed by atoms with Gasteiger partial charge in [0, 0.05) is 36.0 Å². The molecule has 0 unspecified atom stereocenters. The number of benzene rings is 3. The van der Waals surface area contributed by atoms with Crippen LogP contribution in [0.3, 0.4) is 0 Å². The molecular weight excluding hydrogens is 356 g/mol. The van der Waals surface area contributed by atoms with Crippen LogP contribution in [0.1, 0.15) is 13.8 Å². The molecule has 0 radical (unpaired) electrons. The average Bonchev–Trinajstić information content (AvgIpc) is 2.76. The fraction of sp³-hybridized carbons (Fsp3) is 0.240. The van der Waals surface area contributed by atoms with Gasteiger partial charge in [-0.05, 0) is 66.3 Å². The fourth-order valence-electron chi connectivity index (χ4n) is 3.88. The molecule has 2 N–H and O–H groups in total. The van der Waals surface area contributed by atoms with Gasteiger partial charge in [-0.3, -0.25) is 4.98 Å². The van der Waals surface area contributed by atoms with Crippen LogP contribution < -0.4 is 10.6 Å². The minimum Gasteiger partial charge on any atom is -0.399 e. The van der Waals surface area contributed by atoms with E-state index >= 15 is 0 Å². The molecule has 0 aliphatic heterocycles. The second-order valence-corrected chi connectivity index (χ2v) is 7.32. The van der Waals surface area contributed by atoms with Crippen molar-refractivity contribution in [1.29, 1.82) is 0 Å². The summed E-state index contributed by atoms with van der Waals surface area (Å²) in [5.74, 6) is 0. The second kappa shape index (κ2) is 8.50. The Labute approximate surface area is 172 Å². The number of hydrogen-bond acceptors (Lipinski definition) is 4. The minimum atomic E-state index is 0.781. The zero-order valence-electron chi connectivity index (χ0n) is 17.2. The number of fused-ring (bicyclic) bond motifs is 2. The van der Waals surface area contributed by atoms with Gasteiger partial charge < -0.3 is 15.5 Å². The largest absolute Gasteiger partial charge is 0.399 e. The molecule has 4 rings (SSSR count). The number of pyridine rings is 1. The molecule has 4 aromatic rings. The topological polar surface area (TPSA) is 45.4 Å². The molecule has 3 aromatic carbocycles. The van der Waals surface area contributed by atoms with Crippen LogP contribution in [0.5, 0.6) is 0 Å². The van der Waals surface area contributed by atoms with Crippen LogP contribution >= 0.6 is 0 Å². The van der Waals surface area contributed by atoms with E-state index < -0.39 is 0 Å². The van der Waals surface area contributed by atoms with Crippen molar-refractivity contribution in [1.82, 2.24) is 9.88 Å². The quantitative estimate of drug-likeness (QED) is 0.340. The normalized spacial score (nSPS) is 11.4. The van der Waals surface area contributed by atoms with Crippen LogP contribution in [0.25, 0.3) is 21.7 Å². The van der Waals surface area contributed by atoms with Crippen molar-refractivity contribution < 1.29 is 0 Å². The van der Waals surface area contributed by atoms with Gasteiger partial charge in [0.15, 0.2) is 0 Å². The predicted molar refractivity (Wildman–Crippen MR) is 125 cm³/mol. The van der Waals surface area contributed by atoms with Crippen molar-refractivity contribution in [3.05, 3.63) is 72.9 Å². The SMILES string of the molecule is CCN(CC)CCN(c1ccc(N)cc1)c1ccnc2cc3ccccc3cc12. The lowest BCUT2D eigenvalue weighted by atomic mass is 10.0. The summed E-state index contributed by atoms with van der Waals surface area (Å²) >= 11 is 0. The molecule has 0 bridgehead atoms. The third-order valence-electron chi connectivity index (χ3n) is 5.62. The molecule has 148 valence electrons. The maximum Gasteiger partial charge on any atom is 0.0729 e.